The molecule has 1 nitrogen and oxygen atoms in total. The lowest BCUT2D eigenvalue weighted by molar-refractivity contribution is 0.415. The molecule has 1 aliphatic carbocycles. The van der Waals surface area contributed by atoms with Crippen LogP contribution in [0.4, 0.5) is 0 Å². The third kappa shape index (κ3) is 2.83. The summed E-state index contributed by atoms with van der Waals surface area (Å²) in [5, 5.41) is 4.65. The maximum atomic E-state index is 6.42. The molecule has 2 aromatic carbocycles. The van der Waals surface area contributed by atoms with Crippen molar-refractivity contribution in [3.05, 3.63) is 69.2 Å². The topological polar surface area (TPSA) is 12.0 Å². The summed E-state index contributed by atoms with van der Waals surface area (Å²) >= 11 is 12.6. The molecular weight excluding hydrogens is 301 g/mol. The molecule has 1 unspecified atom stereocenters. The number of benzene rings is 2. The quantitative estimate of drug-likeness (QED) is 0.776. The Balaban J connectivity index is 2.06. The zero-order valence-electron chi connectivity index (χ0n) is 12.1. The van der Waals surface area contributed by atoms with Crippen LogP contribution in [0.1, 0.15) is 47.9 Å². The Morgan fingerprint density at radius 3 is 2.38 bits per heavy atom. The molecule has 0 aliphatic heterocycles. The first-order chi connectivity index (χ1) is 10.2. The van der Waals surface area contributed by atoms with Gasteiger partial charge in [-0.25, -0.2) is 0 Å². The van der Waals surface area contributed by atoms with E-state index in [1.165, 1.54) is 30.4 Å². The third-order valence-electron chi connectivity index (χ3n) is 4.43. The molecule has 0 saturated heterocycles. The second kappa shape index (κ2) is 6.39. The first kappa shape index (κ1) is 14.9. The summed E-state index contributed by atoms with van der Waals surface area (Å²) in [6, 6.07) is 14.6. The standard InChI is InChI=1S/C18H19Cl2N/c1-21-18(15-10-5-11-16(19)17(15)20)14-9-3-2-8-13(14)12-6-4-7-12/h2-3,5,8-12,18,21H,4,6-7H2,1H3. The van der Waals surface area contributed by atoms with Crippen molar-refractivity contribution in [2.75, 3.05) is 7.05 Å². The van der Waals surface area contributed by atoms with Crippen LogP contribution in [0.3, 0.4) is 0 Å². The van der Waals surface area contributed by atoms with Gasteiger partial charge in [0.15, 0.2) is 0 Å². The predicted molar refractivity (Wildman–Crippen MR) is 90.4 cm³/mol. The smallest absolute Gasteiger partial charge is 0.0643 e. The van der Waals surface area contributed by atoms with E-state index >= 15 is 0 Å². The van der Waals surface area contributed by atoms with Crippen molar-refractivity contribution in [3.8, 4) is 0 Å². The Hall–Kier alpha value is -1.02. The van der Waals surface area contributed by atoms with Crippen molar-refractivity contribution in [2.45, 2.75) is 31.2 Å². The molecule has 0 bridgehead atoms. The first-order valence-electron chi connectivity index (χ1n) is 7.42. The lowest BCUT2D eigenvalue weighted by Crippen LogP contribution is -2.22. The van der Waals surface area contributed by atoms with Crippen molar-refractivity contribution in [1.82, 2.24) is 5.32 Å². The minimum absolute atomic E-state index is 0.0769. The predicted octanol–water partition coefficient (Wildman–Crippen LogP) is 5.57. The molecule has 2 aromatic rings. The van der Waals surface area contributed by atoms with Crippen LogP contribution in [-0.2, 0) is 0 Å². The molecule has 0 heterocycles. The van der Waals surface area contributed by atoms with E-state index in [2.05, 4.69) is 29.6 Å². The molecule has 0 aromatic heterocycles. The van der Waals surface area contributed by atoms with Crippen LogP contribution in [-0.4, -0.2) is 7.05 Å². The van der Waals surface area contributed by atoms with Crippen LogP contribution in [0.15, 0.2) is 42.5 Å². The summed E-state index contributed by atoms with van der Waals surface area (Å²) in [5.41, 5.74) is 3.80. The monoisotopic (exact) mass is 319 g/mol. The van der Waals surface area contributed by atoms with E-state index in [4.69, 9.17) is 23.2 Å². The van der Waals surface area contributed by atoms with E-state index in [-0.39, 0.29) is 6.04 Å². The van der Waals surface area contributed by atoms with Crippen molar-refractivity contribution in [2.24, 2.45) is 0 Å². The highest BCUT2D eigenvalue weighted by atomic mass is 35.5. The van der Waals surface area contributed by atoms with Gasteiger partial charge in [-0.05, 0) is 48.6 Å². The molecule has 3 rings (SSSR count). The average Bonchev–Trinajstić information content (AvgIpc) is 2.44. The van der Waals surface area contributed by atoms with Crippen molar-refractivity contribution >= 4 is 23.2 Å². The molecule has 0 spiro atoms. The van der Waals surface area contributed by atoms with E-state index in [1.807, 2.05) is 25.2 Å². The van der Waals surface area contributed by atoms with Crippen molar-refractivity contribution in [1.29, 1.82) is 0 Å². The zero-order valence-corrected chi connectivity index (χ0v) is 13.6. The summed E-state index contributed by atoms with van der Waals surface area (Å²) in [6.07, 6.45) is 3.91. The van der Waals surface area contributed by atoms with Gasteiger partial charge in [0.1, 0.15) is 0 Å². The molecule has 1 atom stereocenters. The Morgan fingerprint density at radius 1 is 1.00 bits per heavy atom. The van der Waals surface area contributed by atoms with Crippen LogP contribution in [0, 0.1) is 0 Å². The number of nitrogens with one attached hydrogen (secondary N) is 1. The van der Waals surface area contributed by atoms with Crippen LogP contribution >= 0.6 is 23.2 Å². The van der Waals surface area contributed by atoms with Gasteiger partial charge in [-0.3, -0.25) is 0 Å². The van der Waals surface area contributed by atoms with Gasteiger partial charge in [0, 0.05) is 0 Å². The maximum Gasteiger partial charge on any atom is 0.0643 e. The molecule has 110 valence electrons. The number of hydrogen-bond acceptors (Lipinski definition) is 1. The third-order valence-corrected chi connectivity index (χ3v) is 5.27. The fourth-order valence-corrected chi connectivity index (χ4v) is 3.50. The van der Waals surface area contributed by atoms with E-state index < -0.39 is 0 Å². The highest BCUT2D eigenvalue weighted by Gasteiger charge is 2.26. The lowest BCUT2D eigenvalue weighted by atomic mass is 9.76. The fourth-order valence-electron chi connectivity index (χ4n) is 3.09. The lowest BCUT2D eigenvalue weighted by Gasteiger charge is -2.31. The maximum absolute atomic E-state index is 6.42. The van der Waals surface area contributed by atoms with Crippen molar-refractivity contribution < 1.29 is 0 Å². The zero-order chi connectivity index (χ0) is 14.8. The minimum Gasteiger partial charge on any atom is -0.309 e. The van der Waals surface area contributed by atoms with E-state index in [0.717, 1.165) is 5.56 Å². The van der Waals surface area contributed by atoms with Gasteiger partial charge in [0.25, 0.3) is 0 Å². The highest BCUT2D eigenvalue weighted by Crippen LogP contribution is 2.42. The van der Waals surface area contributed by atoms with Gasteiger partial charge in [0.05, 0.1) is 16.1 Å². The minimum atomic E-state index is 0.0769. The average molecular weight is 320 g/mol. The highest BCUT2D eigenvalue weighted by molar-refractivity contribution is 6.42. The van der Waals surface area contributed by atoms with E-state index in [9.17, 15) is 0 Å². The van der Waals surface area contributed by atoms with Crippen LogP contribution < -0.4 is 5.32 Å². The van der Waals surface area contributed by atoms with E-state index in [0.29, 0.717) is 16.0 Å². The summed E-state index contributed by atoms with van der Waals surface area (Å²) in [6.45, 7) is 0. The van der Waals surface area contributed by atoms with E-state index in [1.54, 1.807) is 0 Å². The normalized spacial score (nSPS) is 16.5. The van der Waals surface area contributed by atoms with Gasteiger partial charge in [-0.1, -0.05) is 66.0 Å². The molecule has 1 fully saturated rings. The van der Waals surface area contributed by atoms with Crippen molar-refractivity contribution in [3.63, 3.8) is 0 Å². The molecule has 3 heteroatoms. The molecular formula is C18H19Cl2N. The first-order valence-corrected chi connectivity index (χ1v) is 8.18. The number of halogens is 2. The van der Waals surface area contributed by atoms with Gasteiger partial charge < -0.3 is 5.32 Å². The van der Waals surface area contributed by atoms with Gasteiger partial charge in [0.2, 0.25) is 0 Å². The molecule has 1 N–H and O–H groups in total. The Bertz CT molecular complexity index is 635. The van der Waals surface area contributed by atoms with Crippen LogP contribution in [0.2, 0.25) is 10.0 Å². The Labute approximate surface area is 136 Å². The van der Waals surface area contributed by atoms with Crippen LogP contribution in [0.5, 0.6) is 0 Å². The number of hydrogen-bond donors (Lipinski definition) is 1. The van der Waals surface area contributed by atoms with Gasteiger partial charge >= 0.3 is 0 Å². The SMILES string of the molecule is CNC(c1ccccc1C1CCC1)c1cccc(Cl)c1Cl. The fraction of sp³-hybridized carbons (Fsp3) is 0.333. The summed E-state index contributed by atoms with van der Waals surface area (Å²) < 4.78 is 0. The molecule has 1 saturated carbocycles. The van der Waals surface area contributed by atoms with Crippen LogP contribution in [0.25, 0.3) is 0 Å². The Morgan fingerprint density at radius 2 is 1.71 bits per heavy atom. The summed E-state index contributed by atoms with van der Waals surface area (Å²) in [5.74, 6) is 0.690. The second-order valence-electron chi connectivity index (χ2n) is 5.62. The Kier molecular flexibility index (Phi) is 4.54. The number of rotatable bonds is 4. The molecule has 1 aliphatic rings. The summed E-state index contributed by atoms with van der Waals surface area (Å²) in [7, 11) is 1.97. The molecule has 0 amide bonds. The van der Waals surface area contributed by atoms with Gasteiger partial charge in [-0.2, -0.15) is 0 Å². The molecule has 21 heavy (non-hydrogen) atoms. The summed E-state index contributed by atoms with van der Waals surface area (Å²) in [4.78, 5) is 0. The largest absolute Gasteiger partial charge is 0.309 e. The van der Waals surface area contributed by atoms with Gasteiger partial charge in [-0.15, -0.1) is 0 Å². The second-order valence-corrected chi connectivity index (χ2v) is 6.41. The molecule has 0 radical (unpaired) electrons.